The normalized spacial score (nSPS) is 12.1. The zero-order chi connectivity index (χ0) is 19.9. The molecule has 0 saturated heterocycles. The van der Waals surface area contributed by atoms with Crippen molar-refractivity contribution in [3.8, 4) is 11.5 Å². The van der Waals surface area contributed by atoms with Crippen LogP contribution in [0, 0.1) is 0 Å². The van der Waals surface area contributed by atoms with Gasteiger partial charge in [-0.3, -0.25) is 4.79 Å². The van der Waals surface area contributed by atoms with Gasteiger partial charge >= 0.3 is 0 Å². The molecule has 0 heterocycles. The molecule has 3 aromatic carbocycles. The molecule has 0 saturated carbocycles. The van der Waals surface area contributed by atoms with E-state index in [-0.39, 0.29) is 5.91 Å². The Bertz CT molecular complexity index is 999. The summed E-state index contributed by atoms with van der Waals surface area (Å²) in [5, 5.41) is 6.06. The third kappa shape index (κ3) is 4.89. The van der Waals surface area contributed by atoms with Gasteiger partial charge in [0.05, 0.1) is 12.8 Å². The molecule has 5 nitrogen and oxygen atoms in total. The van der Waals surface area contributed by atoms with Crippen molar-refractivity contribution >= 4 is 38.8 Å². The molecule has 0 aliphatic heterocycles. The Morgan fingerprint density at radius 3 is 2.79 bits per heavy atom. The summed E-state index contributed by atoms with van der Waals surface area (Å²) in [6, 6.07) is 19.2. The monoisotopic (exact) mass is 440 g/mol. The number of carbonyl (C=O) groups excluding carboxylic acids is 1. The van der Waals surface area contributed by atoms with Gasteiger partial charge in [0.25, 0.3) is 5.91 Å². The number of benzene rings is 3. The van der Waals surface area contributed by atoms with Crippen LogP contribution in [0.15, 0.2) is 70.2 Å². The summed E-state index contributed by atoms with van der Waals surface area (Å²) in [4.78, 5) is 12.3. The highest BCUT2D eigenvalue weighted by atomic mass is 79.9. The van der Waals surface area contributed by atoms with Crippen LogP contribution in [-0.4, -0.2) is 24.8 Å². The van der Waals surface area contributed by atoms with Gasteiger partial charge in [0, 0.05) is 15.4 Å². The highest BCUT2D eigenvalue weighted by Gasteiger charge is 2.15. The van der Waals surface area contributed by atoms with Crippen LogP contribution in [0.1, 0.15) is 19.4 Å². The molecule has 1 N–H and O–H groups in total. The van der Waals surface area contributed by atoms with Crippen LogP contribution in [0.3, 0.4) is 0 Å². The Hall–Kier alpha value is -2.86. The molecule has 0 aromatic heterocycles. The quantitative estimate of drug-likeness (QED) is 0.418. The first kappa shape index (κ1) is 19.9. The van der Waals surface area contributed by atoms with Crippen molar-refractivity contribution in [2.45, 2.75) is 20.0 Å². The molecule has 0 aliphatic rings. The van der Waals surface area contributed by atoms with Crippen LogP contribution in [0.25, 0.3) is 10.8 Å². The van der Waals surface area contributed by atoms with E-state index >= 15 is 0 Å². The number of nitrogens with one attached hydrogen (secondary N) is 1. The fourth-order valence-corrected chi connectivity index (χ4v) is 3.02. The summed E-state index contributed by atoms with van der Waals surface area (Å²) in [6.07, 6.45) is 0.871. The Morgan fingerprint density at radius 2 is 1.96 bits per heavy atom. The van der Waals surface area contributed by atoms with Crippen LogP contribution in [0.2, 0.25) is 0 Å². The fourth-order valence-electron chi connectivity index (χ4n) is 2.68. The van der Waals surface area contributed by atoms with Crippen molar-refractivity contribution in [2.24, 2.45) is 5.10 Å². The molecule has 3 aromatic rings. The van der Waals surface area contributed by atoms with Gasteiger partial charge < -0.3 is 9.47 Å². The van der Waals surface area contributed by atoms with Crippen LogP contribution in [0.4, 0.5) is 0 Å². The minimum Gasteiger partial charge on any atom is -0.494 e. The summed E-state index contributed by atoms with van der Waals surface area (Å²) >= 11 is 3.46. The SMILES string of the molecule is CCOc1ccc(Br)c(/C=N\NC(=O)[C@H](C)Oc2cccc3ccccc23)c1. The standard InChI is InChI=1S/C22H21BrN2O3/c1-3-27-18-11-12-20(23)17(13-18)14-24-25-22(26)15(2)28-21-10-6-8-16-7-4-5-9-19(16)21/h4-15H,3H2,1-2H3,(H,25,26)/b24-14-/t15-/m0/s1. The number of amides is 1. The third-order valence-corrected chi connectivity index (χ3v) is 4.80. The average Bonchev–Trinajstić information content (AvgIpc) is 2.70. The summed E-state index contributed by atoms with van der Waals surface area (Å²) in [5.74, 6) is 1.07. The summed E-state index contributed by atoms with van der Waals surface area (Å²) in [5.41, 5.74) is 3.32. The van der Waals surface area contributed by atoms with Gasteiger partial charge in [-0.25, -0.2) is 5.43 Å². The second-order valence-electron chi connectivity index (χ2n) is 6.09. The number of hydrogen-bond acceptors (Lipinski definition) is 4. The van der Waals surface area contributed by atoms with Gasteiger partial charge in [-0.05, 0) is 43.5 Å². The number of hydrogen-bond donors (Lipinski definition) is 1. The van der Waals surface area contributed by atoms with Crippen molar-refractivity contribution in [1.29, 1.82) is 0 Å². The van der Waals surface area contributed by atoms with Gasteiger partial charge in [-0.2, -0.15) is 5.10 Å². The minimum absolute atomic E-state index is 0.332. The summed E-state index contributed by atoms with van der Waals surface area (Å²) < 4.78 is 12.2. The summed E-state index contributed by atoms with van der Waals surface area (Å²) in [6.45, 7) is 4.20. The number of halogens is 1. The van der Waals surface area contributed by atoms with Crippen LogP contribution in [-0.2, 0) is 4.79 Å². The van der Waals surface area contributed by atoms with Crippen molar-refractivity contribution in [3.05, 3.63) is 70.7 Å². The second-order valence-corrected chi connectivity index (χ2v) is 6.94. The lowest BCUT2D eigenvalue weighted by Crippen LogP contribution is -2.33. The first-order valence-corrected chi connectivity index (χ1v) is 9.77. The Balaban J connectivity index is 1.64. The summed E-state index contributed by atoms with van der Waals surface area (Å²) in [7, 11) is 0. The lowest BCUT2D eigenvalue weighted by Gasteiger charge is -2.14. The highest BCUT2D eigenvalue weighted by Crippen LogP contribution is 2.26. The van der Waals surface area contributed by atoms with Crippen LogP contribution < -0.4 is 14.9 Å². The lowest BCUT2D eigenvalue weighted by molar-refractivity contribution is -0.127. The lowest BCUT2D eigenvalue weighted by atomic mass is 10.1. The molecule has 0 spiro atoms. The maximum Gasteiger partial charge on any atom is 0.280 e. The molecule has 1 atom stereocenters. The molecular weight excluding hydrogens is 420 g/mol. The number of hydrazone groups is 1. The second kappa shape index (κ2) is 9.37. The number of nitrogens with zero attached hydrogens (tertiary/aromatic N) is 1. The van der Waals surface area contributed by atoms with Crippen LogP contribution in [0.5, 0.6) is 11.5 Å². The van der Waals surface area contributed by atoms with Crippen molar-refractivity contribution in [3.63, 3.8) is 0 Å². The van der Waals surface area contributed by atoms with E-state index in [1.54, 1.807) is 13.1 Å². The van der Waals surface area contributed by atoms with E-state index in [2.05, 4.69) is 26.5 Å². The molecule has 28 heavy (non-hydrogen) atoms. The van der Waals surface area contributed by atoms with Gasteiger partial charge in [-0.15, -0.1) is 0 Å². The molecule has 0 unspecified atom stereocenters. The molecule has 0 fully saturated rings. The van der Waals surface area contributed by atoms with Gasteiger partial charge in [0.2, 0.25) is 0 Å². The third-order valence-electron chi connectivity index (χ3n) is 4.08. The average molecular weight is 441 g/mol. The fraction of sp³-hybridized carbons (Fsp3) is 0.182. The van der Waals surface area contributed by atoms with Crippen molar-refractivity contribution in [1.82, 2.24) is 5.43 Å². The van der Waals surface area contributed by atoms with E-state index in [0.29, 0.717) is 12.4 Å². The first-order chi connectivity index (χ1) is 13.6. The zero-order valence-corrected chi connectivity index (χ0v) is 17.3. The van der Waals surface area contributed by atoms with Gasteiger partial charge in [0.15, 0.2) is 6.10 Å². The Labute approximate surface area is 172 Å². The molecule has 0 aliphatic carbocycles. The molecular formula is C22H21BrN2O3. The van der Waals surface area contributed by atoms with E-state index in [1.807, 2.05) is 67.6 Å². The van der Waals surface area contributed by atoms with Gasteiger partial charge in [-0.1, -0.05) is 52.3 Å². The molecule has 1 amide bonds. The molecule has 3 rings (SSSR count). The van der Waals surface area contributed by atoms with E-state index in [1.165, 1.54) is 0 Å². The Kier molecular flexibility index (Phi) is 6.66. The van der Waals surface area contributed by atoms with E-state index in [4.69, 9.17) is 9.47 Å². The van der Waals surface area contributed by atoms with Crippen molar-refractivity contribution in [2.75, 3.05) is 6.61 Å². The molecule has 0 radical (unpaired) electrons. The molecule has 144 valence electrons. The zero-order valence-electron chi connectivity index (χ0n) is 15.7. The maximum absolute atomic E-state index is 12.3. The molecule has 6 heteroatoms. The number of fused-ring (bicyclic) bond motifs is 1. The Morgan fingerprint density at radius 1 is 1.18 bits per heavy atom. The number of carbonyl (C=O) groups is 1. The molecule has 0 bridgehead atoms. The predicted octanol–water partition coefficient (Wildman–Crippen LogP) is 4.92. The predicted molar refractivity (Wildman–Crippen MR) is 115 cm³/mol. The number of ether oxygens (including phenoxy) is 2. The van der Waals surface area contributed by atoms with Gasteiger partial charge in [0.1, 0.15) is 11.5 Å². The maximum atomic E-state index is 12.3. The van der Waals surface area contributed by atoms with Crippen LogP contribution >= 0.6 is 15.9 Å². The topological polar surface area (TPSA) is 59.9 Å². The van der Waals surface area contributed by atoms with E-state index in [0.717, 1.165) is 26.6 Å². The highest BCUT2D eigenvalue weighted by molar-refractivity contribution is 9.10. The van der Waals surface area contributed by atoms with E-state index in [9.17, 15) is 4.79 Å². The largest absolute Gasteiger partial charge is 0.494 e. The van der Waals surface area contributed by atoms with E-state index < -0.39 is 6.10 Å². The van der Waals surface area contributed by atoms with Crippen molar-refractivity contribution < 1.29 is 14.3 Å². The number of rotatable bonds is 7. The minimum atomic E-state index is -0.693. The first-order valence-electron chi connectivity index (χ1n) is 8.98. The smallest absolute Gasteiger partial charge is 0.280 e.